The highest BCUT2D eigenvalue weighted by Crippen LogP contribution is 2.29. The Morgan fingerprint density at radius 1 is 1.14 bits per heavy atom. The van der Waals surface area contributed by atoms with Gasteiger partial charge < -0.3 is 0 Å². The highest BCUT2D eigenvalue weighted by Gasteiger charge is 2.13. The summed E-state index contributed by atoms with van der Waals surface area (Å²) in [6.07, 6.45) is 0.730. The summed E-state index contributed by atoms with van der Waals surface area (Å²) in [4.78, 5) is 1.19. The Balaban J connectivity index is 2.01. The van der Waals surface area contributed by atoms with Gasteiger partial charge in [0.2, 0.25) is 0 Å². The summed E-state index contributed by atoms with van der Waals surface area (Å²) in [5.74, 6) is 6.50. The molecule has 0 aliphatic rings. The van der Waals surface area contributed by atoms with Crippen molar-refractivity contribution in [3.05, 3.63) is 62.5 Å². The molecule has 21 heavy (non-hydrogen) atoms. The average Bonchev–Trinajstić information content (AvgIpc) is 2.49. The summed E-state index contributed by atoms with van der Waals surface area (Å²) in [7, 11) is 0. The standard InChI is InChI=1S/C15H15BrCl2N2S/c16-12-5-1-2-7-14(12)21-9-11(20-19)8-10-4-3-6-13(17)15(10)18/h1-7,11,20H,8-9,19H2. The van der Waals surface area contributed by atoms with Crippen molar-refractivity contribution in [3.8, 4) is 0 Å². The molecular formula is C15H15BrCl2N2S. The molecule has 0 fully saturated rings. The second-order valence-electron chi connectivity index (χ2n) is 4.52. The van der Waals surface area contributed by atoms with Crippen molar-refractivity contribution in [2.45, 2.75) is 17.4 Å². The first kappa shape index (κ1) is 17.1. The molecule has 0 amide bonds. The molecule has 1 unspecified atom stereocenters. The number of halogens is 3. The molecule has 0 saturated heterocycles. The van der Waals surface area contributed by atoms with Gasteiger partial charge in [0.1, 0.15) is 0 Å². The van der Waals surface area contributed by atoms with Crippen LogP contribution < -0.4 is 11.3 Å². The lowest BCUT2D eigenvalue weighted by Gasteiger charge is -2.17. The Bertz CT molecular complexity index is 610. The number of hydrogen-bond acceptors (Lipinski definition) is 3. The van der Waals surface area contributed by atoms with Crippen LogP contribution in [0, 0.1) is 0 Å². The van der Waals surface area contributed by atoms with E-state index in [1.807, 2.05) is 30.3 Å². The molecule has 0 aliphatic heterocycles. The van der Waals surface area contributed by atoms with E-state index in [-0.39, 0.29) is 6.04 Å². The highest BCUT2D eigenvalue weighted by atomic mass is 79.9. The van der Waals surface area contributed by atoms with Gasteiger partial charge in [-0.05, 0) is 46.1 Å². The molecule has 2 nitrogen and oxygen atoms in total. The van der Waals surface area contributed by atoms with E-state index in [4.69, 9.17) is 29.0 Å². The minimum Gasteiger partial charge on any atom is -0.271 e. The maximum absolute atomic E-state index is 6.22. The smallest absolute Gasteiger partial charge is 0.0624 e. The number of nitrogens with two attached hydrogens (primary N) is 1. The molecule has 0 aliphatic carbocycles. The Labute approximate surface area is 147 Å². The second kappa shape index (κ2) is 8.42. The topological polar surface area (TPSA) is 38.0 Å². The van der Waals surface area contributed by atoms with Gasteiger partial charge in [0.25, 0.3) is 0 Å². The van der Waals surface area contributed by atoms with E-state index in [1.54, 1.807) is 17.8 Å². The molecule has 0 radical (unpaired) electrons. The summed E-state index contributed by atoms with van der Waals surface area (Å²) in [6.45, 7) is 0. The van der Waals surface area contributed by atoms with E-state index in [2.05, 4.69) is 27.4 Å². The fraction of sp³-hybridized carbons (Fsp3) is 0.200. The zero-order valence-electron chi connectivity index (χ0n) is 11.2. The lowest BCUT2D eigenvalue weighted by atomic mass is 10.1. The van der Waals surface area contributed by atoms with Gasteiger partial charge in [0, 0.05) is 21.2 Å². The first-order valence-corrected chi connectivity index (χ1v) is 8.91. The van der Waals surface area contributed by atoms with Gasteiger partial charge in [-0.25, -0.2) is 0 Å². The molecule has 0 bridgehead atoms. The predicted octanol–water partition coefficient (Wildman–Crippen LogP) is 4.92. The molecule has 2 aromatic rings. The van der Waals surface area contributed by atoms with E-state index < -0.39 is 0 Å². The highest BCUT2D eigenvalue weighted by molar-refractivity contribution is 9.10. The normalized spacial score (nSPS) is 12.4. The molecular weight excluding hydrogens is 391 g/mol. The summed E-state index contributed by atoms with van der Waals surface area (Å²) in [5.41, 5.74) is 3.85. The molecule has 2 rings (SSSR count). The van der Waals surface area contributed by atoms with Crippen LogP contribution >= 0.6 is 50.9 Å². The predicted molar refractivity (Wildman–Crippen MR) is 96.1 cm³/mol. The Hall–Kier alpha value is -0.230. The lowest BCUT2D eigenvalue weighted by Crippen LogP contribution is -2.38. The lowest BCUT2D eigenvalue weighted by molar-refractivity contribution is 0.575. The maximum atomic E-state index is 6.22. The molecule has 0 aromatic heterocycles. The van der Waals surface area contributed by atoms with Crippen LogP contribution in [0.4, 0.5) is 0 Å². The summed E-state index contributed by atoms with van der Waals surface area (Å²) < 4.78 is 1.09. The van der Waals surface area contributed by atoms with Gasteiger partial charge in [-0.2, -0.15) is 0 Å². The SMILES string of the molecule is NNC(CSc1ccccc1Br)Cc1cccc(Cl)c1Cl. The number of benzene rings is 2. The number of rotatable bonds is 6. The van der Waals surface area contributed by atoms with Gasteiger partial charge in [0.15, 0.2) is 0 Å². The zero-order valence-corrected chi connectivity index (χ0v) is 15.1. The van der Waals surface area contributed by atoms with Crippen molar-refractivity contribution in [1.29, 1.82) is 0 Å². The van der Waals surface area contributed by atoms with Crippen LogP contribution in [-0.2, 0) is 6.42 Å². The maximum Gasteiger partial charge on any atom is 0.0624 e. The van der Waals surface area contributed by atoms with Crippen LogP contribution in [0.3, 0.4) is 0 Å². The summed E-state index contributed by atoms with van der Waals surface area (Å²) in [6, 6.07) is 13.9. The monoisotopic (exact) mass is 404 g/mol. The van der Waals surface area contributed by atoms with E-state index in [1.165, 1.54) is 4.90 Å². The van der Waals surface area contributed by atoms with Gasteiger partial charge in [-0.3, -0.25) is 11.3 Å². The third kappa shape index (κ3) is 4.88. The summed E-state index contributed by atoms with van der Waals surface area (Å²) in [5, 5.41) is 1.17. The van der Waals surface area contributed by atoms with Crippen LogP contribution in [-0.4, -0.2) is 11.8 Å². The van der Waals surface area contributed by atoms with Crippen molar-refractivity contribution in [2.75, 3.05) is 5.75 Å². The zero-order chi connectivity index (χ0) is 15.2. The molecule has 0 spiro atoms. The summed E-state index contributed by atoms with van der Waals surface area (Å²) >= 11 is 17.5. The second-order valence-corrected chi connectivity index (χ2v) is 7.22. The first-order valence-electron chi connectivity index (χ1n) is 6.38. The number of nitrogens with one attached hydrogen (secondary N) is 1. The fourth-order valence-corrected chi connectivity index (χ4v) is 3.89. The minimum absolute atomic E-state index is 0.109. The van der Waals surface area contributed by atoms with E-state index in [9.17, 15) is 0 Å². The quantitative estimate of drug-likeness (QED) is 0.406. The molecule has 0 heterocycles. The van der Waals surface area contributed by atoms with Crippen molar-refractivity contribution in [2.24, 2.45) is 5.84 Å². The van der Waals surface area contributed by atoms with Crippen molar-refractivity contribution >= 4 is 50.9 Å². The van der Waals surface area contributed by atoms with Crippen LogP contribution in [0.15, 0.2) is 51.8 Å². The fourth-order valence-electron chi connectivity index (χ4n) is 1.89. The van der Waals surface area contributed by atoms with E-state index in [0.717, 1.165) is 22.2 Å². The number of hydrogen-bond donors (Lipinski definition) is 2. The Kier molecular flexibility index (Phi) is 6.86. The average molecular weight is 406 g/mol. The molecule has 3 N–H and O–H groups in total. The van der Waals surface area contributed by atoms with Crippen molar-refractivity contribution < 1.29 is 0 Å². The van der Waals surface area contributed by atoms with Crippen molar-refractivity contribution in [1.82, 2.24) is 5.43 Å². The Morgan fingerprint density at radius 2 is 1.90 bits per heavy atom. The molecule has 0 saturated carbocycles. The van der Waals surface area contributed by atoms with Crippen LogP contribution in [0.5, 0.6) is 0 Å². The van der Waals surface area contributed by atoms with Gasteiger partial charge in [-0.15, -0.1) is 11.8 Å². The molecule has 1 atom stereocenters. The minimum atomic E-state index is 0.109. The molecule has 2 aromatic carbocycles. The Morgan fingerprint density at radius 3 is 2.62 bits per heavy atom. The van der Waals surface area contributed by atoms with Gasteiger partial charge >= 0.3 is 0 Å². The molecule has 112 valence electrons. The number of hydrazine groups is 1. The van der Waals surface area contributed by atoms with Crippen LogP contribution in [0.1, 0.15) is 5.56 Å². The van der Waals surface area contributed by atoms with Crippen molar-refractivity contribution in [3.63, 3.8) is 0 Å². The largest absolute Gasteiger partial charge is 0.271 e. The first-order chi connectivity index (χ1) is 10.1. The van der Waals surface area contributed by atoms with Crippen LogP contribution in [0.25, 0.3) is 0 Å². The van der Waals surface area contributed by atoms with Crippen LogP contribution in [0.2, 0.25) is 10.0 Å². The third-order valence-electron chi connectivity index (χ3n) is 3.01. The molecule has 6 heteroatoms. The number of thioether (sulfide) groups is 1. The van der Waals surface area contributed by atoms with E-state index >= 15 is 0 Å². The van der Waals surface area contributed by atoms with E-state index in [0.29, 0.717) is 10.0 Å². The van der Waals surface area contributed by atoms with Gasteiger partial charge in [-0.1, -0.05) is 47.5 Å². The third-order valence-corrected chi connectivity index (χ3v) is 6.06. The van der Waals surface area contributed by atoms with Gasteiger partial charge in [0.05, 0.1) is 10.0 Å².